The van der Waals surface area contributed by atoms with Crippen molar-refractivity contribution >= 4 is 5.91 Å². The van der Waals surface area contributed by atoms with Gasteiger partial charge in [0.15, 0.2) is 11.6 Å². The molecule has 2 aromatic carbocycles. The van der Waals surface area contributed by atoms with E-state index in [2.05, 4.69) is 0 Å². The van der Waals surface area contributed by atoms with Crippen LogP contribution >= 0.6 is 0 Å². The Bertz CT molecular complexity index is 726. The molecule has 0 aliphatic heterocycles. The van der Waals surface area contributed by atoms with Gasteiger partial charge in [0.2, 0.25) is 0 Å². The molecule has 1 amide bonds. The van der Waals surface area contributed by atoms with Gasteiger partial charge in [0.25, 0.3) is 5.91 Å². The molecular formula is C19H22FNO4. The van der Waals surface area contributed by atoms with Crippen molar-refractivity contribution in [2.24, 2.45) is 0 Å². The Morgan fingerprint density at radius 2 is 1.64 bits per heavy atom. The number of nitrogens with zero attached hydrogens (tertiary/aromatic N) is 1. The number of hydrogen-bond acceptors (Lipinski definition) is 4. The lowest BCUT2D eigenvalue weighted by Crippen LogP contribution is -2.30. The first-order chi connectivity index (χ1) is 12.0. The molecule has 0 spiro atoms. The topological polar surface area (TPSA) is 48.0 Å². The second kappa shape index (κ2) is 8.37. The van der Waals surface area contributed by atoms with Crippen LogP contribution in [0.4, 0.5) is 4.39 Å². The van der Waals surface area contributed by atoms with Gasteiger partial charge in [-0.25, -0.2) is 4.39 Å². The molecule has 0 N–H and O–H groups in total. The fraction of sp³-hybridized carbons (Fsp3) is 0.316. The summed E-state index contributed by atoms with van der Waals surface area (Å²) in [6.45, 7) is 2.64. The molecule has 134 valence electrons. The minimum atomic E-state index is -0.452. The van der Waals surface area contributed by atoms with Crippen molar-refractivity contribution in [3.63, 3.8) is 0 Å². The Kier molecular flexibility index (Phi) is 6.22. The summed E-state index contributed by atoms with van der Waals surface area (Å²) in [5, 5.41) is 0. The standard InChI is InChI=1S/C19H22FNO4/c1-5-21(12-13-6-7-18(25-4)17(20)8-13)19(22)14-9-15(23-2)11-16(10-14)24-3/h6-11H,5,12H2,1-4H3. The Morgan fingerprint density at radius 3 is 2.12 bits per heavy atom. The van der Waals surface area contributed by atoms with Crippen LogP contribution in [0.25, 0.3) is 0 Å². The zero-order valence-electron chi connectivity index (χ0n) is 14.8. The Morgan fingerprint density at radius 1 is 1.00 bits per heavy atom. The zero-order chi connectivity index (χ0) is 18.4. The third kappa shape index (κ3) is 4.41. The number of ether oxygens (including phenoxy) is 3. The number of benzene rings is 2. The van der Waals surface area contributed by atoms with Crippen LogP contribution in [0.3, 0.4) is 0 Å². The summed E-state index contributed by atoms with van der Waals surface area (Å²) in [4.78, 5) is 14.4. The molecule has 0 heterocycles. The lowest BCUT2D eigenvalue weighted by molar-refractivity contribution is 0.0751. The number of hydrogen-bond donors (Lipinski definition) is 0. The van der Waals surface area contributed by atoms with E-state index in [1.807, 2.05) is 6.92 Å². The highest BCUT2D eigenvalue weighted by atomic mass is 19.1. The lowest BCUT2D eigenvalue weighted by atomic mass is 10.1. The second-order valence-electron chi connectivity index (χ2n) is 5.39. The summed E-state index contributed by atoms with van der Waals surface area (Å²) in [7, 11) is 4.47. The molecule has 0 saturated heterocycles. The molecule has 0 saturated carbocycles. The molecule has 0 radical (unpaired) electrons. The van der Waals surface area contributed by atoms with Crippen LogP contribution in [0.1, 0.15) is 22.8 Å². The fourth-order valence-corrected chi connectivity index (χ4v) is 2.47. The first-order valence-electron chi connectivity index (χ1n) is 7.87. The zero-order valence-corrected chi connectivity index (χ0v) is 14.8. The molecule has 0 unspecified atom stereocenters. The van der Waals surface area contributed by atoms with Gasteiger partial charge < -0.3 is 19.1 Å². The summed E-state index contributed by atoms with van der Waals surface area (Å²) in [6, 6.07) is 9.68. The fourth-order valence-electron chi connectivity index (χ4n) is 2.47. The van der Waals surface area contributed by atoms with Crippen molar-refractivity contribution in [2.45, 2.75) is 13.5 Å². The van der Waals surface area contributed by atoms with Gasteiger partial charge in [0, 0.05) is 24.7 Å². The van der Waals surface area contributed by atoms with E-state index in [0.717, 1.165) is 0 Å². The van der Waals surface area contributed by atoms with Crippen molar-refractivity contribution in [2.75, 3.05) is 27.9 Å². The number of carbonyl (C=O) groups excluding carboxylic acids is 1. The average Bonchev–Trinajstić information content (AvgIpc) is 2.65. The van der Waals surface area contributed by atoms with Gasteiger partial charge in [-0.3, -0.25) is 4.79 Å². The molecule has 2 rings (SSSR count). The van der Waals surface area contributed by atoms with E-state index in [-0.39, 0.29) is 18.2 Å². The third-order valence-corrected chi connectivity index (χ3v) is 3.86. The first-order valence-corrected chi connectivity index (χ1v) is 7.87. The van der Waals surface area contributed by atoms with Crippen LogP contribution in [-0.2, 0) is 6.54 Å². The number of amides is 1. The van der Waals surface area contributed by atoms with E-state index >= 15 is 0 Å². The van der Waals surface area contributed by atoms with E-state index in [1.54, 1.807) is 35.2 Å². The normalized spacial score (nSPS) is 10.3. The van der Waals surface area contributed by atoms with Gasteiger partial charge in [0.05, 0.1) is 21.3 Å². The number of rotatable bonds is 7. The van der Waals surface area contributed by atoms with Crippen molar-refractivity contribution in [3.05, 3.63) is 53.3 Å². The Labute approximate surface area is 146 Å². The maximum atomic E-state index is 13.9. The summed E-state index contributed by atoms with van der Waals surface area (Å²) in [5.41, 5.74) is 1.13. The van der Waals surface area contributed by atoms with E-state index < -0.39 is 5.82 Å². The molecule has 0 aliphatic rings. The maximum absolute atomic E-state index is 13.9. The van der Waals surface area contributed by atoms with Crippen LogP contribution < -0.4 is 14.2 Å². The molecule has 5 nitrogen and oxygen atoms in total. The largest absolute Gasteiger partial charge is 0.497 e. The lowest BCUT2D eigenvalue weighted by Gasteiger charge is -2.22. The molecule has 2 aromatic rings. The van der Waals surface area contributed by atoms with Crippen LogP contribution in [0.5, 0.6) is 17.2 Å². The van der Waals surface area contributed by atoms with Crippen molar-refractivity contribution < 1.29 is 23.4 Å². The molecule has 0 fully saturated rings. The van der Waals surface area contributed by atoms with E-state index in [0.29, 0.717) is 29.2 Å². The minimum Gasteiger partial charge on any atom is -0.497 e. The monoisotopic (exact) mass is 347 g/mol. The predicted molar refractivity (Wildman–Crippen MR) is 92.9 cm³/mol. The van der Waals surface area contributed by atoms with Gasteiger partial charge in [0.1, 0.15) is 11.5 Å². The van der Waals surface area contributed by atoms with Crippen molar-refractivity contribution in [3.8, 4) is 17.2 Å². The van der Waals surface area contributed by atoms with Crippen molar-refractivity contribution in [1.82, 2.24) is 4.90 Å². The quantitative estimate of drug-likeness (QED) is 0.769. The van der Waals surface area contributed by atoms with Gasteiger partial charge in [-0.2, -0.15) is 0 Å². The summed E-state index contributed by atoms with van der Waals surface area (Å²) < 4.78 is 29.2. The molecule has 0 bridgehead atoms. The number of carbonyl (C=O) groups is 1. The highest BCUT2D eigenvalue weighted by Crippen LogP contribution is 2.24. The molecule has 6 heteroatoms. The molecular weight excluding hydrogens is 325 g/mol. The summed E-state index contributed by atoms with van der Waals surface area (Å²) in [5.74, 6) is 0.613. The van der Waals surface area contributed by atoms with Crippen LogP contribution in [0, 0.1) is 5.82 Å². The van der Waals surface area contributed by atoms with Crippen LogP contribution in [-0.4, -0.2) is 38.7 Å². The molecule has 0 atom stereocenters. The Balaban J connectivity index is 2.25. The van der Waals surface area contributed by atoms with Gasteiger partial charge in [-0.15, -0.1) is 0 Å². The van der Waals surface area contributed by atoms with Gasteiger partial charge in [-0.1, -0.05) is 6.07 Å². The minimum absolute atomic E-state index is 0.177. The Hall–Kier alpha value is -2.76. The van der Waals surface area contributed by atoms with Crippen LogP contribution in [0.2, 0.25) is 0 Å². The number of methoxy groups -OCH3 is 3. The van der Waals surface area contributed by atoms with Gasteiger partial charge >= 0.3 is 0 Å². The van der Waals surface area contributed by atoms with E-state index in [1.165, 1.54) is 27.4 Å². The van der Waals surface area contributed by atoms with Gasteiger partial charge in [-0.05, 0) is 36.8 Å². The number of halogens is 1. The summed E-state index contributed by atoms with van der Waals surface area (Å²) in [6.07, 6.45) is 0. The first kappa shape index (κ1) is 18.6. The molecule has 25 heavy (non-hydrogen) atoms. The maximum Gasteiger partial charge on any atom is 0.254 e. The highest BCUT2D eigenvalue weighted by molar-refractivity contribution is 5.95. The van der Waals surface area contributed by atoms with E-state index in [9.17, 15) is 9.18 Å². The van der Waals surface area contributed by atoms with Crippen LogP contribution in [0.15, 0.2) is 36.4 Å². The third-order valence-electron chi connectivity index (χ3n) is 3.86. The predicted octanol–water partition coefficient (Wildman–Crippen LogP) is 3.51. The van der Waals surface area contributed by atoms with Crippen molar-refractivity contribution in [1.29, 1.82) is 0 Å². The average molecular weight is 347 g/mol. The SMILES string of the molecule is CCN(Cc1ccc(OC)c(F)c1)C(=O)c1cc(OC)cc(OC)c1. The molecule has 0 aliphatic carbocycles. The highest BCUT2D eigenvalue weighted by Gasteiger charge is 2.17. The van der Waals surface area contributed by atoms with E-state index in [4.69, 9.17) is 14.2 Å². The second-order valence-corrected chi connectivity index (χ2v) is 5.39. The smallest absolute Gasteiger partial charge is 0.254 e. The molecule has 0 aromatic heterocycles. The summed E-state index contributed by atoms with van der Waals surface area (Å²) >= 11 is 0.